The second kappa shape index (κ2) is 6.86. The maximum absolute atomic E-state index is 12.7. The summed E-state index contributed by atoms with van der Waals surface area (Å²) in [5, 5.41) is 2.95. The van der Waals surface area contributed by atoms with Gasteiger partial charge in [-0.05, 0) is 44.0 Å². The highest BCUT2D eigenvalue weighted by molar-refractivity contribution is 5.76. The Morgan fingerprint density at radius 2 is 2.08 bits per heavy atom. The van der Waals surface area contributed by atoms with Gasteiger partial charge in [-0.2, -0.15) is 0 Å². The van der Waals surface area contributed by atoms with E-state index in [-0.39, 0.29) is 17.5 Å². The highest BCUT2D eigenvalue weighted by Crippen LogP contribution is 2.13. The summed E-state index contributed by atoms with van der Waals surface area (Å²) >= 11 is 0. The first-order valence-corrected chi connectivity index (χ1v) is 8.35. The zero-order valence-corrected chi connectivity index (χ0v) is 14.0. The Bertz CT molecular complexity index is 926. The number of carbonyl (C=O) groups excluding carboxylic acids is 1. The summed E-state index contributed by atoms with van der Waals surface area (Å²) in [4.78, 5) is 29.0. The van der Waals surface area contributed by atoms with Gasteiger partial charge in [-0.1, -0.05) is 6.92 Å². The van der Waals surface area contributed by atoms with E-state index >= 15 is 0 Å². The van der Waals surface area contributed by atoms with Gasteiger partial charge in [0.1, 0.15) is 5.52 Å². The number of amides is 1. The van der Waals surface area contributed by atoms with Crippen LogP contribution in [0.2, 0.25) is 0 Å². The Morgan fingerprint density at radius 1 is 1.29 bits per heavy atom. The first kappa shape index (κ1) is 16.2. The Labute approximate surface area is 140 Å². The molecule has 6 heteroatoms. The zero-order valence-electron chi connectivity index (χ0n) is 14.0. The Kier molecular flexibility index (Phi) is 4.64. The van der Waals surface area contributed by atoms with Gasteiger partial charge in [0.25, 0.3) is 5.56 Å². The van der Waals surface area contributed by atoms with Crippen LogP contribution in [0.25, 0.3) is 16.7 Å². The van der Waals surface area contributed by atoms with Crippen LogP contribution in [0.3, 0.4) is 0 Å². The van der Waals surface area contributed by atoms with E-state index in [1.807, 2.05) is 42.6 Å². The molecule has 0 aliphatic heterocycles. The number of aryl methyl sites for hydroxylation is 1. The van der Waals surface area contributed by atoms with Crippen LogP contribution >= 0.6 is 0 Å². The third-order valence-corrected chi connectivity index (χ3v) is 4.30. The Hall–Kier alpha value is -2.63. The van der Waals surface area contributed by atoms with Crippen molar-refractivity contribution in [3.8, 4) is 0 Å². The molecule has 1 atom stereocenters. The van der Waals surface area contributed by atoms with Gasteiger partial charge in [-0.15, -0.1) is 0 Å². The molecule has 0 aromatic carbocycles. The lowest BCUT2D eigenvalue weighted by atomic mass is 10.2. The molecule has 0 saturated heterocycles. The van der Waals surface area contributed by atoms with Crippen LogP contribution in [0.15, 0.2) is 41.5 Å². The van der Waals surface area contributed by atoms with Crippen LogP contribution < -0.4 is 10.9 Å². The monoisotopic (exact) mass is 326 g/mol. The molecule has 24 heavy (non-hydrogen) atoms. The SMILES string of the molecule is CC[C@@H](C)NC(=O)CCCn1c(=O)c2cccn2c2cccnc21. The van der Waals surface area contributed by atoms with Gasteiger partial charge in [0, 0.05) is 31.4 Å². The molecule has 3 rings (SSSR count). The molecule has 3 aromatic heterocycles. The van der Waals surface area contributed by atoms with Gasteiger partial charge in [0.15, 0.2) is 5.65 Å². The molecule has 0 saturated carbocycles. The summed E-state index contributed by atoms with van der Waals surface area (Å²) in [6, 6.07) is 7.64. The van der Waals surface area contributed by atoms with Crippen LogP contribution in [-0.2, 0) is 11.3 Å². The van der Waals surface area contributed by atoms with Crippen molar-refractivity contribution in [3.05, 3.63) is 47.0 Å². The Balaban J connectivity index is 1.85. The van der Waals surface area contributed by atoms with E-state index < -0.39 is 0 Å². The van der Waals surface area contributed by atoms with Crippen molar-refractivity contribution >= 4 is 22.6 Å². The van der Waals surface area contributed by atoms with Crippen LogP contribution in [0.1, 0.15) is 33.1 Å². The molecular weight excluding hydrogens is 304 g/mol. The van der Waals surface area contributed by atoms with E-state index in [9.17, 15) is 9.59 Å². The topological polar surface area (TPSA) is 68.4 Å². The highest BCUT2D eigenvalue weighted by Gasteiger charge is 2.12. The molecule has 1 amide bonds. The fourth-order valence-corrected chi connectivity index (χ4v) is 2.84. The van der Waals surface area contributed by atoms with Crippen LogP contribution in [0.4, 0.5) is 0 Å². The number of fused-ring (bicyclic) bond motifs is 3. The number of nitrogens with zero attached hydrogens (tertiary/aromatic N) is 3. The largest absolute Gasteiger partial charge is 0.354 e. The summed E-state index contributed by atoms with van der Waals surface area (Å²) < 4.78 is 3.53. The predicted molar refractivity (Wildman–Crippen MR) is 94.1 cm³/mol. The van der Waals surface area contributed by atoms with Crippen molar-refractivity contribution in [2.75, 3.05) is 0 Å². The quantitative estimate of drug-likeness (QED) is 0.756. The van der Waals surface area contributed by atoms with Gasteiger partial charge in [-0.25, -0.2) is 4.98 Å². The average Bonchev–Trinajstić information content (AvgIpc) is 3.08. The van der Waals surface area contributed by atoms with Crippen molar-refractivity contribution in [3.63, 3.8) is 0 Å². The molecule has 0 aliphatic carbocycles. The first-order valence-electron chi connectivity index (χ1n) is 8.35. The summed E-state index contributed by atoms with van der Waals surface area (Å²) in [7, 11) is 0. The minimum absolute atomic E-state index is 0.0263. The number of rotatable bonds is 6. The van der Waals surface area contributed by atoms with Crippen molar-refractivity contribution in [2.45, 2.75) is 45.7 Å². The lowest BCUT2D eigenvalue weighted by Gasteiger charge is -2.13. The Morgan fingerprint density at radius 3 is 2.88 bits per heavy atom. The smallest absolute Gasteiger partial charge is 0.276 e. The van der Waals surface area contributed by atoms with Crippen molar-refractivity contribution < 1.29 is 4.79 Å². The predicted octanol–water partition coefficient (Wildman–Crippen LogP) is 2.34. The second-order valence-corrected chi connectivity index (χ2v) is 6.05. The van der Waals surface area contributed by atoms with Gasteiger partial charge >= 0.3 is 0 Å². The van der Waals surface area contributed by atoms with E-state index in [0.717, 1.165) is 11.9 Å². The number of nitrogens with one attached hydrogen (secondary N) is 1. The van der Waals surface area contributed by atoms with E-state index in [1.165, 1.54) is 0 Å². The molecule has 3 heterocycles. The minimum Gasteiger partial charge on any atom is -0.354 e. The van der Waals surface area contributed by atoms with Crippen LogP contribution in [-0.4, -0.2) is 25.9 Å². The molecule has 0 aliphatic rings. The third-order valence-electron chi connectivity index (χ3n) is 4.30. The minimum atomic E-state index is -0.0754. The number of hydrogen-bond donors (Lipinski definition) is 1. The van der Waals surface area contributed by atoms with Gasteiger partial charge < -0.3 is 9.72 Å². The number of pyridine rings is 1. The van der Waals surface area contributed by atoms with Crippen molar-refractivity contribution in [1.29, 1.82) is 0 Å². The van der Waals surface area contributed by atoms with E-state index in [1.54, 1.807) is 16.8 Å². The molecular formula is C18H22N4O2. The molecule has 0 fully saturated rings. The van der Waals surface area contributed by atoms with Crippen molar-refractivity contribution in [1.82, 2.24) is 19.3 Å². The fourth-order valence-electron chi connectivity index (χ4n) is 2.84. The lowest BCUT2D eigenvalue weighted by molar-refractivity contribution is -0.121. The molecule has 0 radical (unpaired) electrons. The molecule has 126 valence electrons. The maximum Gasteiger partial charge on any atom is 0.276 e. The average molecular weight is 326 g/mol. The maximum atomic E-state index is 12.7. The summed E-state index contributed by atoms with van der Waals surface area (Å²) in [5.41, 5.74) is 2.09. The summed E-state index contributed by atoms with van der Waals surface area (Å²) in [6.45, 7) is 4.50. The van der Waals surface area contributed by atoms with Crippen LogP contribution in [0.5, 0.6) is 0 Å². The van der Waals surface area contributed by atoms with E-state index in [4.69, 9.17) is 0 Å². The molecule has 3 aromatic rings. The van der Waals surface area contributed by atoms with Gasteiger partial charge in [0.2, 0.25) is 5.91 Å². The molecule has 1 N–H and O–H groups in total. The van der Waals surface area contributed by atoms with Gasteiger partial charge in [-0.3, -0.25) is 14.2 Å². The van der Waals surface area contributed by atoms with Gasteiger partial charge in [0.05, 0.1) is 5.52 Å². The summed E-state index contributed by atoms with van der Waals surface area (Å²) in [5.74, 6) is 0.0263. The first-order chi connectivity index (χ1) is 11.6. The normalized spacial score (nSPS) is 12.6. The summed E-state index contributed by atoms with van der Waals surface area (Å²) in [6.07, 6.45) is 5.46. The molecule has 0 spiro atoms. The second-order valence-electron chi connectivity index (χ2n) is 6.05. The number of aromatic nitrogens is 3. The lowest BCUT2D eigenvalue weighted by Crippen LogP contribution is -2.32. The van der Waals surface area contributed by atoms with E-state index in [2.05, 4.69) is 10.3 Å². The van der Waals surface area contributed by atoms with Crippen molar-refractivity contribution in [2.24, 2.45) is 0 Å². The number of carbonyl (C=O) groups is 1. The third kappa shape index (κ3) is 3.04. The fraction of sp³-hybridized carbons (Fsp3) is 0.389. The van der Waals surface area contributed by atoms with Crippen LogP contribution in [0, 0.1) is 0 Å². The molecule has 0 unspecified atom stereocenters. The molecule has 0 bridgehead atoms. The molecule has 6 nitrogen and oxygen atoms in total. The standard InChI is InChI=1S/C18H22N4O2/c1-3-13(2)20-16(23)9-6-12-22-17-14(7-4-10-19-17)21-11-5-8-15(21)18(22)24/h4-5,7-8,10-11,13H,3,6,9,12H2,1-2H3,(H,20,23)/t13-/m1/s1. The zero-order chi connectivity index (χ0) is 17.1. The number of hydrogen-bond acceptors (Lipinski definition) is 3. The van der Waals surface area contributed by atoms with E-state index in [0.29, 0.717) is 30.6 Å². The highest BCUT2D eigenvalue weighted by atomic mass is 16.1.